The number of carbonyl (C=O) groups excluding carboxylic acids is 1. The molecule has 4 aromatic carbocycles. The molecule has 0 aliphatic rings. The molecule has 1 amide bonds. The van der Waals surface area contributed by atoms with Crippen molar-refractivity contribution in [3.63, 3.8) is 0 Å². The van der Waals surface area contributed by atoms with Gasteiger partial charge in [0.2, 0.25) is 0 Å². The molecule has 0 unspecified atom stereocenters. The van der Waals surface area contributed by atoms with E-state index in [9.17, 15) is 10.1 Å². The fourth-order valence-corrected chi connectivity index (χ4v) is 4.70. The quantitative estimate of drug-likeness (QED) is 0.123. The lowest BCUT2D eigenvalue weighted by atomic mass is 10.1. The fourth-order valence-electron chi connectivity index (χ4n) is 3.74. The van der Waals surface area contributed by atoms with Crippen LogP contribution in [0.4, 0.5) is 5.69 Å². The first-order valence-corrected chi connectivity index (χ1v) is 13.1. The number of ether oxygens (including phenoxy) is 2. The van der Waals surface area contributed by atoms with Crippen molar-refractivity contribution >= 4 is 62.6 Å². The molecule has 0 saturated carbocycles. The lowest BCUT2D eigenvalue weighted by molar-refractivity contribution is -0.112. The molecule has 0 radical (unpaired) electrons. The zero-order valence-electron chi connectivity index (χ0n) is 20.3. The first-order valence-electron chi connectivity index (χ1n) is 11.6. The molecule has 0 aromatic heterocycles. The summed E-state index contributed by atoms with van der Waals surface area (Å²) in [4.78, 5) is 12.8. The molecule has 7 heteroatoms. The zero-order chi connectivity index (χ0) is 26.4. The first-order chi connectivity index (χ1) is 17.9. The number of nitrogens with zero attached hydrogens (tertiary/aromatic N) is 1. The number of amides is 1. The Hall–Kier alpha value is -3.54. The highest BCUT2D eigenvalue weighted by molar-refractivity contribution is 14.1. The number of fused-ring (bicyclic) bond motifs is 1. The van der Waals surface area contributed by atoms with Gasteiger partial charge in [0.05, 0.1) is 10.2 Å². The predicted molar refractivity (Wildman–Crippen MR) is 157 cm³/mol. The summed E-state index contributed by atoms with van der Waals surface area (Å²) >= 11 is 8.33. The summed E-state index contributed by atoms with van der Waals surface area (Å²) in [6, 6.07) is 25.2. The number of carbonyl (C=O) groups is 1. The van der Waals surface area contributed by atoms with Gasteiger partial charge in [-0.3, -0.25) is 4.79 Å². The summed E-state index contributed by atoms with van der Waals surface area (Å²) in [6.45, 7) is 4.58. The monoisotopic (exact) mass is 622 g/mol. The number of hydrogen-bond donors (Lipinski definition) is 1. The highest BCUT2D eigenvalue weighted by atomic mass is 127. The van der Waals surface area contributed by atoms with E-state index in [2.05, 4.69) is 52.2 Å². The van der Waals surface area contributed by atoms with E-state index in [1.165, 1.54) is 11.5 Å². The van der Waals surface area contributed by atoms with Crippen LogP contribution in [0.15, 0.2) is 78.4 Å². The summed E-state index contributed by atoms with van der Waals surface area (Å²) in [7, 11) is 0. The van der Waals surface area contributed by atoms with Gasteiger partial charge >= 0.3 is 0 Å². The molecular formula is C30H24ClIN2O3. The van der Waals surface area contributed by atoms with Crippen LogP contribution in [0.5, 0.6) is 11.5 Å². The maximum atomic E-state index is 12.8. The lowest BCUT2D eigenvalue weighted by Gasteiger charge is -2.15. The molecule has 0 saturated heterocycles. The average Bonchev–Trinajstić information content (AvgIpc) is 2.89. The summed E-state index contributed by atoms with van der Waals surface area (Å²) in [6.07, 6.45) is 1.53. The minimum Gasteiger partial charge on any atom is -0.490 e. The van der Waals surface area contributed by atoms with Crippen LogP contribution >= 0.6 is 34.2 Å². The molecule has 0 aliphatic carbocycles. The molecule has 0 aliphatic heterocycles. The van der Waals surface area contributed by atoms with E-state index in [1.54, 1.807) is 24.3 Å². The summed E-state index contributed by atoms with van der Waals surface area (Å²) in [5.41, 5.74) is 3.07. The second-order valence-electron chi connectivity index (χ2n) is 8.32. The van der Waals surface area contributed by atoms with E-state index in [0.717, 1.165) is 20.1 Å². The molecule has 4 aromatic rings. The summed E-state index contributed by atoms with van der Waals surface area (Å²) in [5, 5.41) is 15.2. The van der Waals surface area contributed by atoms with Crippen molar-refractivity contribution in [3.8, 4) is 17.6 Å². The van der Waals surface area contributed by atoms with Crippen molar-refractivity contribution in [2.75, 3.05) is 11.9 Å². The van der Waals surface area contributed by atoms with Crippen LogP contribution in [0.25, 0.3) is 16.8 Å². The Labute approximate surface area is 234 Å². The Balaban J connectivity index is 1.56. The van der Waals surface area contributed by atoms with Gasteiger partial charge in [0, 0.05) is 10.7 Å². The number of rotatable bonds is 8. The number of aryl methyl sites for hydroxylation is 1. The standard InChI is InChI=1S/C30H24ClIN2O3/c1-3-36-28-15-21(13-24(17-33)30(35)34-25-11-8-19(2)26(31)16-25)14-27(32)29(28)37-18-20-9-10-22-6-4-5-7-23(22)12-20/h4-16H,3,18H2,1-2H3,(H,34,35)/b24-13-. The topological polar surface area (TPSA) is 71.3 Å². The van der Waals surface area contributed by atoms with E-state index in [4.69, 9.17) is 21.1 Å². The number of halogens is 2. The van der Waals surface area contributed by atoms with Crippen LogP contribution in [0.1, 0.15) is 23.6 Å². The maximum Gasteiger partial charge on any atom is 0.266 e. The molecule has 37 heavy (non-hydrogen) atoms. The molecular weight excluding hydrogens is 599 g/mol. The third kappa shape index (κ3) is 6.62. The Morgan fingerprint density at radius 3 is 2.57 bits per heavy atom. The highest BCUT2D eigenvalue weighted by Gasteiger charge is 2.15. The van der Waals surface area contributed by atoms with Gasteiger partial charge in [0.1, 0.15) is 18.2 Å². The van der Waals surface area contributed by atoms with Gasteiger partial charge in [-0.15, -0.1) is 0 Å². The van der Waals surface area contributed by atoms with Crippen molar-refractivity contribution in [1.82, 2.24) is 0 Å². The van der Waals surface area contributed by atoms with Crippen LogP contribution in [0.2, 0.25) is 5.02 Å². The minimum atomic E-state index is -0.521. The number of nitrogens with one attached hydrogen (secondary N) is 1. The van der Waals surface area contributed by atoms with Gasteiger partial charge in [-0.2, -0.15) is 5.26 Å². The number of benzene rings is 4. The third-order valence-electron chi connectivity index (χ3n) is 5.63. The molecule has 0 bridgehead atoms. The maximum absolute atomic E-state index is 12.8. The molecule has 0 fully saturated rings. The average molecular weight is 623 g/mol. The molecule has 186 valence electrons. The molecule has 0 heterocycles. The Bertz CT molecular complexity index is 1540. The van der Waals surface area contributed by atoms with Gasteiger partial charge in [-0.1, -0.05) is 54.1 Å². The smallest absolute Gasteiger partial charge is 0.266 e. The van der Waals surface area contributed by atoms with Crippen molar-refractivity contribution < 1.29 is 14.3 Å². The van der Waals surface area contributed by atoms with Crippen molar-refractivity contribution in [1.29, 1.82) is 5.26 Å². The Morgan fingerprint density at radius 2 is 1.84 bits per heavy atom. The van der Waals surface area contributed by atoms with E-state index in [0.29, 0.717) is 41.0 Å². The first kappa shape index (κ1) is 26.5. The van der Waals surface area contributed by atoms with Crippen molar-refractivity contribution in [3.05, 3.63) is 104 Å². The second kappa shape index (κ2) is 12.1. The molecule has 1 N–H and O–H groups in total. The second-order valence-corrected chi connectivity index (χ2v) is 9.89. The number of anilines is 1. The van der Waals surface area contributed by atoms with Gasteiger partial charge in [0.15, 0.2) is 11.5 Å². The molecule has 4 rings (SSSR count). The highest BCUT2D eigenvalue weighted by Crippen LogP contribution is 2.36. The minimum absolute atomic E-state index is 0.0419. The van der Waals surface area contributed by atoms with Crippen LogP contribution in [-0.4, -0.2) is 12.5 Å². The van der Waals surface area contributed by atoms with E-state index in [1.807, 2.05) is 44.2 Å². The fraction of sp³-hybridized carbons (Fsp3) is 0.133. The van der Waals surface area contributed by atoms with Crippen molar-refractivity contribution in [2.45, 2.75) is 20.5 Å². The van der Waals surface area contributed by atoms with E-state index < -0.39 is 5.91 Å². The largest absolute Gasteiger partial charge is 0.490 e. The van der Waals surface area contributed by atoms with Crippen molar-refractivity contribution in [2.24, 2.45) is 0 Å². The third-order valence-corrected chi connectivity index (χ3v) is 6.84. The number of nitriles is 1. The van der Waals surface area contributed by atoms with Crippen LogP contribution in [0.3, 0.4) is 0 Å². The van der Waals surface area contributed by atoms with Gasteiger partial charge in [-0.05, 0) is 100 Å². The lowest BCUT2D eigenvalue weighted by Crippen LogP contribution is -2.13. The van der Waals surface area contributed by atoms with Crippen LogP contribution < -0.4 is 14.8 Å². The number of hydrogen-bond acceptors (Lipinski definition) is 4. The normalized spacial score (nSPS) is 11.2. The Morgan fingerprint density at radius 1 is 1.05 bits per heavy atom. The molecule has 5 nitrogen and oxygen atoms in total. The summed E-state index contributed by atoms with van der Waals surface area (Å²) in [5.74, 6) is 0.640. The van der Waals surface area contributed by atoms with Gasteiger partial charge in [-0.25, -0.2) is 0 Å². The van der Waals surface area contributed by atoms with E-state index in [-0.39, 0.29) is 5.57 Å². The SMILES string of the molecule is CCOc1cc(/C=C(/C#N)C(=O)Nc2ccc(C)c(Cl)c2)cc(I)c1OCc1ccc2ccccc2c1. The Kier molecular flexibility index (Phi) is 8.70. The van der Waals surface area contributed by atoms with Crippen LogP contribution in [0, 0.1) is 21.8 Å². The van der Waals surface area contributed by atoms with E-state index >= 15 is 0 Å². The molecule has 0 atom stereocenters. The van der Waals surface area contributed by atoms with Gasteiger partial charge in [0.25, 0.3) is 5.91 Å². The summed E-state index contributed by atoms with van der Waals surface area (Å²) < 4.78 is 12.8. The zero-order valence-corrected chi connectivity index (χ0v) is 23.3. The predicted octanol–water partition coefficient (Wildman–Crippen LogP) is 7.93. The molecule has 0 spiro atoms. The van der Waals surface area contributed by atoms with Crippen LogP contribution in [-0.2, 0) is 11.4 Å². The van der Waals surface area contributed by atoms with Gasteiger partial charge < -0.3 is 14.8 Å².